The van der Waals surface area contributed by atoms with Crippen LogP contribution in [0, 0.1) is 0 Å². The smallest absolute Gasteiger partial charge is 0.261 e. The predicted octanol–water partition coefficient (Wildman–Crippen LogP) is 3.52. The minimum Gasteiger partial charge on any atom is -0.480 e. The van der Waals surface area contributed by atoms with E-state index < -0.39 is 6.10 Å². The Morgan fingerprint density at radius 2 is 2.05 bits per heavy atom. The van der Waals surface area contributed by atoms with Gasteiger partial charge in [-0.15, -0.1) is 0 Å². The summed E-state index contributed by atoms with van der Waals surface area (Å²) in [5, 5.41) is 3.65. The van der Waals surface area contributed by atoms with Crippen LogP contribution < -0.4 is 10.1 Å². The third kappa shape index (κ3) is 3.03. The zero-order chi connectivity index (χ0) is 14.8. The number of hydrogen-bond acceptors (Lipinski definition) is 2. The first kappa shape index (κ1) is 14.0. The first-order valence-electron chi connectivity index (χ1n) is 6.94. The Labute approximate surface area is 128 Å². The summed E-state index contributed by atoms with van der Waals surface area (Å²) in [6.07, 6.45) is 0.0769. The average molecular weight is 302 g/mol. The highest BCUT2D eigenvalue weighted by molar-refractivity contribution is 6.30. The first-order chi connectivity index (χ1) is 10.1. The second-order valence-corrected chi connectivity index (χ2v) is 5.64. The minimum atomic E-state index is -0.482. The molecular weight excluding hydrogens is 286 g/mol. The summed E-state index contributed by atoms with van der Waals surface area (Å²) in [5.74, 6) is 0.644. The summed E-state index contributed by atoms with van der Waals surface area (Å²) in [6.45, 7) is 1.96. The van der Waals surface area contributed by atoms with Gasteiger partial charge >= 0.3 is 0 Å². The highest BCUT2D eigenvalue weighted by Gasteiger charge is 2.29. The van der Waals surface area contributed by atoms with Crippen LogP contribution in [-0.2, 0) is 11.2 Å². The molecule has 0 bridgehead atoms. The lowest BCUT2D eigenvalue weighted by molar-refractivity contribution is -0.127. The molecule has 1 aliphatic heterocycles. The molecule has 0 unspecified atom stereocenters. The van der Waals surface area contributed by atoms with E-state index in [9.17, 15) is 4.79 Å². The monoisotopic (exact) mass is 301 g/mol. The summed E-state index contributed by atoms with van der Waals surface area (Å²) in [7, 11) is 0. The number of amides is 1. The van der Waals surface area contributed by atoms with Crippen molar-refractivity contribution in [2.45, 2.75) is 25.5 Å². The molecule has 1 amide bonds. The van der Waals surface area contributed by atoms with E-state index in [-0.39, 0.29) is 11.9 Å². The van der Waals surface area contributed by atoms with Gasteiger partial charge in [0.2, 0.25) is 0 Å². The first-order valence-corrected chi connectivity index (χ1v) is 7.31. The zero-order valence-electron chi connectivity index (χ0n) is 11.7. The summed E-state index contributed by atoms with van der Waals surface area (Å²) < 4.78 is 5.69. The standard InChI is InChI=1S/C17H16ClNO2/c1-11(12-5-3-2-4-6-12)19-17(20)16-10-13-9-14(18)7-8-15(13)21-16/h2-9,11,16H,10H2,1H3,(H,19,20)/t11-,16+/m1/s1. The van der Waals surface area contributed by atoms with Crippen LogP contribution in [0.1, 0.15) is 24.1 Å². The van der Waals surface area contributed by atoms with E-state index in [4.69, 9.17) is 16.3 Å². The summed E-state index contributed by atoms with van der Waals surface area (Å²) >= 11 is 5.96. The number of benzene rings is 2. The molecule has 0 aliphatic carbocycles. The molecule has 0 fully saturated rings. The molecule has 1 N–H and O–H groups in total. The van der Waals surface area contributed by atoms with Gasteiger partial charge in [-0.1, -0.05) is 41.9 Å². The molecule has 0 saturated carbocycles. The quantitative estimate of drug-likeness (QED) is 0.942. The maximum atomic E-state index is 12.3. The van der Waals surface area contributed by atoms with Crippen molar-refractivity contribution in [2.75, 3.05) is 0 Å². The van der Waals surface area contributed by atoms with E-state index in [1.54, 1.807) is 6.07 Å². The van der Waals surface area contributed by atoms with E-state index in [1.165, 1.54) is 0 Å². The number of nitrogens with one attached hydrogen (secondary N) is 1. The molecule has 0 radical (unpaired) electrons. The van der Waals surface area contributed by atoms with Crippen molar-refractivity contribution in [2.24, 2.45) is 0 Å². The van der Waals surface area contributed by atoms with Gasteiger partial charge in [0, 0.05) is 11.4 Å². The number of hydrogen-bond donors (Lipinski definition) is 1. The minimum absolute atomic E-state index is 0.0467. The lowest BCUT2D eigenvalue weighted by Gasteiger charge is -2.17. The molecule has 0 saturated heterocycles. The molecule has 2 aromatic carbocycles. The van der Waals surface area contributed by atoms with Gasteiger partial charge in [0.25, 0.3) is 5.91 Å². The van der Waals surface area contributed by atoms with Gasteiger partial charge in [0.1, 0.15) is 5.75 Å². The lowest BCUT2D eigenvalue weighted by atomic mass is 10.1. The van der Waals surface area contributed by atoms with Crippen molar-refractivity contribution in [3.63, 3.8) is 0 Å². The Kier molecular flexibility index (Phi) is 3.84. The van der Waals surface area contributed by atoms with E-state index >= 15 is 0 Å². The fourth-order valence-electron chi connectivity index (χ4n) is 2.49. The topological polar surface area (TPSA) is 38.3 Å². The SMILES string of the molecule is C[C@@H](NC(=O)[C@@H]1Cc2cc(Cl)ccc2O1)c1ccccc1. The molecule has 21 heavy (non-hydrogen) atoms. The Morgan fingerprint density at radius 3 is 2.81 bits per heavy atom. The number of carbonyl (C=O) groups is 1. The summed E-state index contributed by atoms with van der Waals surface area (Å²) in [4.78, 5) is 12.3. The highest BCUT2D eigenvalue weighted by atomic mass is 35.5. The molecule has 0 aromatic heterocycles. The van der Waals surface area contributed by atoms with Crippen molar-refractivity contribution in [1.82, 2.24) is 5.32 Å². The molecule has 108 valence electrons. The van der Waals surface area contributed by atoms with Gasteiger partial charge in [0.05, 0.1) is 6.04 Å². The van der Waals surface area contributed by atoms with Crippen molar-refractivity contribution >= 4 is 17.5 Å². The van der Waals surface area contributed by atoms with E-state index in [1.807, 2.05) is 49.4 Å². The van der Waals surface area contributed by atoms with Gasteiger partial charge in [0.15, 0.2) is 6.10 Å². The van der Waals surface area contributed by atoms with Gasteiger partial charge in [-0.2, -0.15) is 0 Å². The maximum Gasteiger partial charge on any atom is 0.261 e. The van der Waals surface area contributed by atoms with Crippen molar-refractivity contribution < 1.29 is 9.53 Å². The summed E-state index contributed by atoms with van der Waals surface area (Å²) in [6, 6.07) is 15.3. The Balaban J connectivity index is 1.65. The second kappa shape index (κ2) is 5.78. The van der Waals surface area contributed by atoms with Crippen LogP contribution in [0.2, 0.25) is 5.02 Å². The van der Waals surface area contributed by atoms with Gasteiger partial charge in [-0.3, -0.25) is 4.79 Å². The van der Waals surface area contributed by atoms with Crippen LogP contribution in [0.4, 0.5) is 0 Å². The molecule has 1 aliphatic rings. The Hall–Kier alpha value is -2.00. The zero-order valence-corrected chi connectivity index (χ0v) is 12.4. The number of fused-ring (bicyclic) bond motifs is 1. The van der Waals surface area contributed by atoms with Crippen molar-refractivity contribution in [1.29, 1.82) is 0 Å². The van der Waals surface area contributed by atoms with Gasteiger partial charge in [-0.05, 0) is 36.2 Å². The highest BCUT2D eigenvalue weighted by Crippen LogP contribution is 2.31. The Bertz CT molecular complexity index is 657. The molecule has 3 nitrogen and oxygen atoms in total. The lowest BCUT2D eigenvalue weighted by Crippen LogP contribution is -2.38. The average Bonchev–Trinajstić information content (AvgIpc) is 2.91. The number of halogens is 1. The normalized spacial score (nSPS) is 17.7. The molecule has 1 heterocycles. The number of rotatable bonds is 3. The molecule has 2 aromatic rings. The number of ether oxygens (including phenoxy) is 1. The van der Waals surface area contributed by atoms with Crippen LogP contribution in [0.5, 0.6) is 5.75 Å². The summed E-state index contributed by atoms with van der Waals surface area (Å²) in [5.41, 5.74) is 2.06. The predicted molar refractivity (Wildman–Crippen MR) is 82.6 cm³/mol. The second-order valence-electron chi connectivity index (χ2n) is 5.20. The van der Waals surface area contributed by atoms with Crippen molar-refractivity contribution in [3.05, 3.63) is 64.7 Å². The molecule has 4 heteroatoms. The van der Waals surface area contributed by atoms with E-state index in [0.717, 1.165) is 16.9 Å². The van der Waals surface area contributed by atoms with Crippen LogP contribution in [0.15, 0.2) is 48.5 Å². The van der Waals surface area contributed by atoms with Crippen LogP contribution >= 0.6 is 11.6 Å². The van der Waals surface area contributed by atoms with Crippen LogP contribution in [0.3, 0.4) is 0 Å². The van der Waals surface area contributed by atoms with Crippen LogP contribution in [-0.4, -0.2) is 12.0 Å². The molecule has 2 atom stereocenters. The third-order valence-corrected chi connectivity index (χ3v) is 3.88. The van der Waals surface area contributed by atoms with E-state index in [2.05, 4.69) is 5.32 Å². The maximum absolute atomic E-state index is 12.3. The van der Waals surface area contributed by atoms with Crippen molar-refractivity contribution in [3.8, 4) is 5.75 Å². The largest absolute Gasteiger partial charge is 0.480 e. The fourth-order valence-corrected chi connectivity index (χ4v) is 2.69. The van der Waals surface area contributed by atoms with Gasteiger partial charge < -0.3 is 10.1 Å². The van der Waals surface area contributed by atoms with E-state index in [0.29, 0.717) is 11.4 Å². The third-order valence-electron chi connectivity index (χ3n) is 3.65. The molecule has 0 spiro atoms. The Morgan fingerprint density at radius 1 is 1.29 bits per heavy atom. The van der Waals surface area contributed by atoms with Crippen LogP contribution in [0.25, 0.3) is 0 Å². The number of carbonyl (C=O) groups excluding carboxylic acids is 1. The molecular formula is C17H16ClNO2. The van der Waals surface area contributed by atoms with Gasteiger partial charge in [-0.25, -0.2) is 0 Å². The fraction of sp³-hybridized carbons (Fsp3) is 0.235. The molecule has 3 rings (SSSR count).